The number of hydrogen-bond acceptors (Lipinski definition) is 0. The summed E-state index contributed by atoms with van der Waals surface area (Å²) in [5.41, 5.74) is 5.39. The minimum atomic E-state index is -3.29. The van der Waals surface area contributed by atoms with E-state index in [0.29, 0.717) is 0 Å². The first-order chi connectivity index (χ1) is 16.3. The Kier molecular flexibility index (Phi) is 13.4. The van der Waals surface area contributed by atoms with Gasteiger partial charge in [0, 0.05) is 9.52 Å². The fraction of sp³-hybridized carbons (Fsp3) is 0.357. The molecule has 0 aromatic heterocycles. The second-order valence-electron chi connectivity index (χ2n) is 10.6. The zero-order valence-corrected chi connectivity index (χ0v) is 29.7. The second-order valence-corrected chi connectivity index (χ2v) is 34.0. The third kappa shape index (κ3) is 12.6. The van der Waals surface area contributed by atoms with Crippen LogP contribution in [0.4, 0.5) is 11.4 Å². The van der Waals surface area contributed by atoms with E-state index in [-0.39, 0.29) is 0 Å². The maximum absolute atomic E-state index is 5.04. The number of quaternary nitrogens is 2. The van der Waals surface area contributed by atoms with Gasteiger partial charge >= 0.3 is 49.5 Å². The van der Waals surface area contributed by atoms with Crippen LogP contribution in [0.3, 0.4) is 0 Å². The van der Waals surface area contributed by atoms with E-state index in [1.54, 1.807) is 0 Å². The molecule has 198 valence electrons. The molecule has 4 aromatic carbocycles. The van der Waals surface area contributed by atoms with Gasteiger partial charge in [-0.05, 0) is 24.3 Å². The van der Waals surface area contributed by atoms with Gasteiger partial charge in [0.15, 0.2) is 0 Å². The normalized spacial score (nSPS) is 11.7. The SMILES string of the molecule is C[Si]C.Cc1cc2cc([N+](C)(C)C)ccc2[cH-]1.Cc1cc2cc([N+](C)(C)C)ccc2[cH-]1.[Cl][Zr]([Cl])([Cl])[Cl]. The van der Waals surface area contributed by atoms with Crippen LogP contribution in [-0.4, -0.2) is 51.8 Å². The molecule has 0 atom stereocenters. The van der Waals surface area contributed by atoms with Crippen molar-refractivity contribution in [3.8, 4) is 0 Å². The summed E-state index contributed by atoms with van der Waals surface area (Å²) in [7, 11) is 34.4. The van der Waals surface area contributed by atoms with Crippen LogP contribution >= 0.6 is 34.1 Å². The Morgan fingerprint density at radius 2 is 0.889 bits per heavy atom. The van der Waals surface area contributed by atoms with E-state index in [4.69, 9.17) is 34.1 Å². The first-order valence-electron chi connectivity index (χ1n) is 11.7. The van der Waals surface area contributed by atoms with E-state index in [9.17, 15) is 0 Å². The Morgan fingerprint density at radius 3 is 1.14 bits per heavy atom. The summed E-state index contributed by atoms with van der Waals surface area (Å²) >= 11 is -3.29. The van der Waals surface area contributed by atoms with Crippen LogP contribution in [0.5, 0.6) is 0 Å². The molecule has 0 fully saturated rings. The first kappa shape index (κ1) is 33.9. The van der Waals surface area contributed by atoms with Crippen LogP contribution in [-0.2, 0) is 15.5 Å². The van der Waals surface area contributed by atoms with Crippen molar-refractivity contribution in [3.05, 3.63) is 71.8 Å². The summed E-state index contributed by atoms with van der Waals surface area (Å²) < 4.78 is 1.75. The predicted octanol–water partition coefficient (Wildman–Crippen LogP) is 9.67. The van der Waals surface area contributed by atoms with Crippen molar-refractivity contribution in [2.75, 3.05) is 42.3 Å². The van der Waals surface area contributed by atoms with Crippen LogP contribution in [0.15, 0.2) is 60.7 Å². The van der Waals surface area contributed by atoms with Crippen LogP contribution < -0.4 is 8.97 Å². The number of hydrogen-bond donors (Lipinski definition) is 0. The van der Waals surface area contributed by atoms with Crippen LogP contribution in [0.1, 0.15) is 11.1 Å². The third-order valence-electron chi connectivity index (χ3n) is 5.22. The molecule has 2 nitrogen and oxygen atoms in total. The van der Waals surface area contributed by atoms with Crippen LogP contribution in [0.25, 0.3) is 21.5 Å². The number of nitrogens with zero attached hydrogens (tertiary/aromatic N) is 2. The molecule has 0 aliphatic rings. The monoisotopic (exact) mass is 662 g/mol. The van der Waals surface area contributed by atoms with Crippen molar-refractivity contribution in [1.82, 2.24) is 8.97 Å². The van der Waals surface area contributed by atoms with Crippen molar-refractivity contribution in [2.24, 2.45) is 0 Å². The zero-order chi connectivity index (χ0) is 27.9. The average molecular weight is 666 g/mol. The van der Waals surface area contributed by atoms with Gasteiger partial charge in [0.2, 0.25) is 0 Å². The molecule has 4 aromatic rings. The number of rotatable bonds is 2. The number of fused-ring (bicyclic) bond motifs is 2. The molecule has 0 N–H and O–H groups in total. The predicted molar refractivity (Wildman–Crippen MR) is 169 cm³/mol. The van der Waals surface area contributed by atoms with E-state index in [0.717, 1.165) is 18.5 Å². The van der Waals surface area contributed by atoms with Crippen LogP contribution in [0.2, 0.25) is 13.1 Å². The number of halogens is 4. The van der Waals surface area contributed by atoms with Crippen molar-refractivity contribution in [3.63, 3.8) is 0 Å². The molecule has 0 saturated heterocycles. The van der Waals surface area contributed by atoms with Gasteiger partial charge in [-0.2, -0.15) is 12.1 Å². The number of aryl methyl sites for hydroxylation is 2. The maximum atomic E-state index is 5.04. The molecule has 0 saturated carbocycles. The Hall–Kier alpha value is -0.160. The van der Waals surface area contributed by atoms with Crippen LogP contribution in [0, 0.1) is 13.8 Å². The summed E-state index contributed by atoms with van der Waals surface area (Å²) in [6.45, 7) is 8.59. The van der Waals surface area contributed by atoms with E-state index in [2.05, 4.69) is 130 Å². The van der Waals surface area contributed by atoms with Gasteiger partial charge in [-0.1, -0.05) is 26.9 Å². The van der Waals surface area contributed by atoms with Gasteiger partial charge < -0.3 is 0 Å². The summed E-state index contributed by atoms with van der Waals surface area (Å²) in [4.78, 5) is 0. The minimum absolute atomic E-state index is 0.875. The number of benzene rings is 2. The Labute approximate surface area is 240 Å². The van der Waals surface area contributed by atoms with Gasteiger partial charge in [0.1, 0.15) is 11.4 Å². The summed E-state index contributed by atoms with van der Waals surface area (Å²) in [5.74, 6) is 0. The van der Waals surface area contributed by atoms with Crippen molar-refractivity contribution < 1.29 is 15.5 Å². The molecule has 8 heteroatoms. The summed E-state index contributed by atoms with van der Waals surface area (Å²) in [6, 6.07) is 22.4. The summed E-state index contributed by atoms with van der Waals surface area (Å²) in [5, 5.41) is 5.40. The fourth-order valence-electron chi connectivity index (χ4n) is 3.54. The average Bonchev–Trinajstić information content (AvgIpc) is 3.25. The van der Waals surface area contributed by atoms with Gasteiger partial charge in [-0.15, -0.1) is 56.9 Å². The van der Waals surface area contributed by atoms with Crippen molar-refractivity contribution in [1.29, 1.82) is 0 Å². The molecule has 0 unspecified atom stereocenters. The molecule has 0 heterocycles. The van der Waals surface area contributed by atoms with Gasteiger partial charge in [0.05, 0.1) is 42.3 Å². The standard InChI is InChI=1S/2C13H17N.C2H6Si.4ClH.Zr/c2*1-10-7-11-5-6-13(14(2,3)4)9-12(11)8-10;1-3-2;;;;;/h2*5-9H,1-4H3;1-2H3;4*1H;/q;;;;;;;+4/p-4. The molecular formula is C28H40Cl4N2SiZr. The zero-order valence-electron chi connectivity index (χ0n) is 23.2. The molecule has 0 bridgehead atoms. The molecule has 0 amide bonds. The third-order valence-corrected chi connectivity index (χ3v) is 5.22. The van der Waals surface area contributed by atoms with E-state index < -0.39 is 15.5 Å². The topological polar surface area (TPSA) is 0 Å². The molecule has 0 aliphatic carbocycles. The Balaban J connectivity index is 0.000000280. The molecule has 0 spiro atoms. The summed E-state index contributed by atoms with van der Waals surface area (Å²) in [6.07, 6.45) is 0. The molecular weight excluding hydrogens is 625 g/mol. The van der Waals surface area contributed by atoms with Gasteiger partial charge in [-0.25, -0.2) is 0 Å². The van der Waals surface area contributed by atoms with E-state index >= 15 is 0 Å². The Morgan fingerprint density at radius 1 is 0.611 bits per heavy atom. The van der Waals surface area contributed by atoms with E-state index in [1.165, 1.54) is 44.0 Å². The van der Waals surface area contributed by atoms with Crippen molar-refractivity contribution >= 4 is 76.5 Å². The van der Waals surface area contributed by atoms with Gasteiger partial charge in [-0.3, -0.25) is 8.97 Å². The Bertz CT molecular complexity index is 1130. The van der Waals surface area contributed by atoms with Crippen molar-refractivity contribution in [2.45, 2.75) is 26.9 Å². The van der Waals surface area contributed by atoms with E-state index in [1.807, 2.05) is 0 Å². The molecule has 2 radical (unpaired) electrons. The second kappa shape index (κ2) is 14.3. The first-order valence-corrected chi connectivity index (χ1v) is 26.3. The fourth-order valence-corrected chi connectivity index (χ4v) is 3.54. The van der Waals surface area contributed by atoms with Gasteiger partial charge in [0.25, 0.3) is 0 Å². The molecule has 4 rings (SSSR count). The molecule has 36 heavy (non-hydrogen) atoms. The quantitative estimate of drug-likeness (QED) is 0.114. The molecule has 0 aliphatic heterocycles.